The Balaban J connectivity index is 2.16. The molecule has 1 atom stereocenters. The van der Waals surface area contributed by atoms with Gasteiger partial charge in [-0.3, -0.25) is 4.79 Å². The molecule has 0 aromatic heterocycles. The fourth-order valence-electron chi connectivity index (χ4n) is 1.21. The summed E-state index contributed by atoms with van der Waals surface area (Å²) < 4.78 is 0. The smallest absolute Gasteiger partial charge is 0.229 e. The first-order valence-electron chi connectivity index (χ1n) is 3.09. The van der Waals surface area contributed by atoms with Crippen molar-refractivity contribution in [1.82, 2.24) is 10.2 Å². The third kappa shape index (κ3) is 0.542. The van der Waals surface area contributed by atoms with Gasteiger partial charge in [-0.25, -0.2) is 0 Å². The van der Waals surface area contributed by atoms with Crippen molar-refractivity contribution in [3.63, 3.8) is 0 Å². The van der Waals surface area contributed by atoms with Gasteiger partial charge in [-0.05, 0) is 0 Å². The number of hydrogen-bond acceptors (Lipinski definition) is 2. The van der Waals surface area contributed by atoms with E-state index in [2.05, 4.69) is 5.32 Å². The van der Waals surface area contributed by atoms with E-state index in [0.717, 1.165) is 13.0 Å². The Morgan fingerprint density at radius 2 is 2.67 bits per heavy atom. The number of carbonyl (C=O) groups excluding carboxylic acids is 1. The lowest BCUT2D eigenvalue weighted by Gasteiger charge is -2.40. The van der Waals surface area contributed by atoms with Gasteiger partial charge >= 0.3 is 0 Å². The molecule has 2 aliphatic rings. The van der Waals surface area contributed by atoms with E-state index in [1.165, 1.54) is 0 Å². The van der Waals surface area contributed by atoms with Gasteiger partial charge in [0.05, 0.1) is 6.04 Å². The molecule has 1 amide bonds. The quantitative estimate of drug-likeness (QED) is 0.448. The van der Waals surface area contributed by atoms with Gasteiger partial charge < -0.3 is 10.2 Å². The fourth-order valence-corrected chi connectivity index (χ4v) is 1.21. The zero-order chi connectivity index (χ0) is 6.27. The van der Waals surface area contributed by atoms with Crippen LogP contribution >= 0.6 is 0 Å². The van der Waals surface area contributed by atoms with Crippen molar-refractivity contribution in [2.45, 2.75) is 12.5 Å². The summed E-state index contributed by atoms with van der Waals surface area (Å²) in [4.78, 5) is 12.5. The van der Waals surface area contributed by atoms with E-state index in [4.69, 9.17) is 0 Å². The number of amides is 1. The molecule has 0 saturated carbocycles. The molecule has 2 heterocycles. The summed E-state index contributed by atoms with van der Waals surface area (Å²) >= 11 is 0. The third-order valence-electron chi connectivity index (χ3n) is 1.80. The molecule has 48 valence electrons. The summed E-state index contributed by atoms with van der Waals surface area (Å²) in [5, 5.41) is 3.06. The highest BCUT2D eigenvalue weighted by molar-refractivity contribution is 5.84. The molecule has 0 aromatic carbocycles. The van der Waals surface area contributed by atoms with Crippen LogP contribution in [-0.4, -0.2) is 23.4 Å². The summed E-state index contributed by atoms with van der Waals surface area (Å²) in [5.41, 5.74) is 0. The van der Waals surface area contributed by atoms with Gasteiger partial charge in [0.25, 0.3) is 0 Å². The van der Waals surface area contributed by atoms with E-state index >= 15 is 0 Å². The number of carbonyl (C=O) groups is 1. The predicted octanol–water partition coefficient (Wildman–Crippen LogP) is -0.338. The van der Waals surface area contributed by atoms with E-state index in [0.29, 0.717) is 6.04 Å². The van der Waals surface area contributed by atoms with Gasteiger partial charge in [0.1, 0.15) is 0 Å². The molecule has 0 radical (unpaired) electrons. The van der Waals surface area contributed by atoms with Crippen LogP contribution in [0.3, 0.4) is 0 Å². The van der Waals surface area contributed by atoms with Crippen molar-refractivity contribution in [2.24, 2.45) is 0 Å². The predicted molar refractivity (Wildman–Crippen MR) is 32.4 cm³/mol. The van der Waals surface area contributed by atoms with Crippen LogP contribution in [0.15, 0.2) is 12.4 Å². The molecule has 2 aliphatic heterocycles. The number of β-lactam (4-membered cyclic amide) rings is 1. The standard InChI is InChI=1S/C6H8N2O/c9-6-3-5-4-7-1-2-8(5)6/h1-2,5,7H,3-4H2/t5-/m0/s1. The Morgan fingerprint density at radius 1 is 1.78 bits per heavy atom. The maximum atomic E-state index is 10.7. The van der Waals surface area contributed by atoms with Crippen LogP contribution in [0.5, 0.6) is 0 Å². The second kappa shape index (κ2) is 1.50. The molecule has 0 spiro atoms. The minimum absolute atomic E-state index is 0.248. The minimum atomic E-state index is 0.248. The first kappa shape index (κ1) is 4.85. The fraction of sp³-hybridized carbons (Fsp3) is 0.500. The SMILES string of the molecule is O=C1C[C@H]2CNC=CN12. The topological polar surface area (TPSA) is 32.3 Å². The van der Waals surface area contributed by atoms with Gasteiger partial charge in [-0.1, -0.05) is 0 Å². The summed E-state index contributed by atoms with van der Waals surface area (Å²) in [5.74, 6) is 0.248. The van der Waals surface area contributed by atoms with Gasteiger partial charge in [0.2, 0.25) is 5.91 Å². The van der Waals surface area contributed by atoms with E-state index in [-0.39, 0.29) is 5.91 Å². The normalized spacial score (nSPS) is 30.9. The van der Waals surface area contributed by atoms with Crippen molar-refractivity contribution >= 4 is 5.91 Å². The molecule has 1 fully saturated rings. The molecule has 0 bridgehead atoms. The van der Waals surface area contributed by atoms with Gasteiger partial charge in [-0.2, -0.15) is 0 Å². The number of fused-ring (bicyclic) bond motifs is 1. The number of hydrogen-bond donors (Lipinski definition) is 1. The molecular weight excluding hydrogens is 116 g/mol. The second-order valence-corrected chi connectivity index (χ2v) is 2.38. The van der Waals surface area contributed by atoms with Crippen LogP contribution in [0.25, 0.3) is 0 Å². The third-order valence-corrected chi connectivity index (χ3v) is 1.80. The molecular formula is C6H8N2O. The lowest BCUT2D eigenvalue weighted by Crippen LogP contribution is -2.55. The largest absolute Gasteiger partial charge is 0.388 e. The summed E-state index contributed by atoms with van der Waals surface area (Å²) in [7, 11) is 0. The summed E-state index contributed by atoms with van der Waals surface area (Å²) in [6, 6.07) is 0.447. The molecule has 3 nitrogen and oxygen atoms in total. The zero-order valence-corrected chi connectivity index (χ0v) is 5.00. The molecule has 0 aliphatic carbocycles. The number of rotatable bonds is 0. The average molecular weight is 124 g/mol. The van der Waals surface area contributed by atoms with Crippen molar-refractivity contribution in [3.05, 3.63) is 12.4 Å². The highest BCUT2D eigenvalue weighted by Crippen LogP contribution is 2.20. The van der Waals surface area contributed by atoms with Crippen molar-refractivity contribution in [2.75, 3.05) is 6.54 Å². The lowest BCUT2D eigenvalue weighted by atomic mass is 10.0. The Labute approximate surface area is 53.3 Å². The Hall–Kier alpha value is -0.990. The Morgan fingerprint density at radius 3 is 3.22 bits per heavy atom. The minimum Gasteiger partial charge on any atom is -0.388 e. The van der Waals surface area contributed by atoms with Crippen LogP contribution < -0.4 is 5.32 Å². The van der Waals surface area contributed by atoms with Crippen LogP contribution in [0.4, 0.5) is 0 Å². The molecule has 0 aromatic rings. The Bertz CT molecular complexity index is 176. The number of nitrogens with zero attached hydrogens (tertiary/aromatic N) is 1. The van der Waals surface area contributed by atoms with Crippen molar-refractivity contribution in [1.29, 1.82) is 0 Å². The van der Waals surface area contributed by atoms with Crippen molar-refractivity contribution in [3.8, 4) is 0 Å². The molecule has 3 heteroatoms. The number of nitrogens with one attached hydrogen (secondary N) is 1. The van der Waals surface area contributed by atoms with Crippen LogP contribution in [0.1, 0.15) is 6.42 Å². The van der Waals surface area contributed by atoms with Crippen LogP contribution in [0.2, 0.25) is 0 Å². The molecule has 2 rings (SSSR count). The van der Waals surface area contributed by atoms with Gasteiger partial charge in [0.15, 0.2) is 0 Å². The summed E-state index contributed by atoms with van der Waals surface area (Å²) in [6.45, 7) is 0.919. The monoisotopic (exact) mass is 124 g/mol. The highest BCUT2D eigenvalue weighted by Gasteiger charge is 2.35. The maximum absolute atomic E-state index is 10.7. The average Bonchev–Trinajstić information content (AvgIpc) is 1.86. The van der Waals surface area contributed by atoms with Crippen LogP contribution in [-0.2, 0) is 4.79 Å². The second-order valence-electron chi connectivity index (χ2n) is 2.38. The van der Waals surface area contributed by atoms with Gasteiger partial charge in [0, 0.05) is 25.4 Å². The highest BCUT2D eigenvalue weighted by atomic mass is 16.2. The molecule has 1 N–H and O–H groups in total. The molecule has 1 saturated heterocycles. The maximum Gasteiger partial charge on any atom is 0.229 e. The van der Waals surface area contributed by atoms with E-state index in [1.807, 2.05) is 6.20 Å². The first-order valence-corrected chi connectivity index (χ1v) is 3.09. The molecule has 9 heavy (non-hydrogen) atoms. The van der Waals surface area contributed by atoms with Crippen LogP contribution in [0, 0.1) is 0 Å². The Kier molecular flexibility index (Phi) is 0.806. The van der Waals surface area contributed by atoms with E-state index < -0.39 is 0 Å². The van der Waals surface area contributed by atoms with E-state index in [9.17, 15) is 4.79 Å². The zero-order valence-electron chi connectivity index (χ0n) is 5.00. The lowest BCUT2D eigenvalue weighted by molar-refractivity contribution is -0.141. The van der Waals surface area contributed by atoms with Crippen molar-refractivity contribution < 1.29 is 4.79 Å². The van der Waals surface area contributed by atoms with Gasteiger partial charge in [-0.15, -0.1) is 0 Å². The first-order chi connectivity index (χ1) is 4.38. The van der Waals surface area contributed by atoms with E-state index in [1.54, 1.807) is 11.1 Å². The molecule has 0 unspecified atom stereocenters. The summed E-state index contributed by atoms with van der Waals surface area (Å²) in [6.07, 6.45) is 4.34.